The molecule has 1 heterocycles. The van der Waals surface area contributed by atoms with Crippen molar-refractivity contribution in [1.82, 2.24) is 4.90 Å². The number of hydrogen-bond acceptors (Lipinski definition) is 3. The molecule has 1 saturated carbocycles. The molecule has 88 valence electrons. The second-order valence-electron chi connectivity index (χ2n) is 4.64. The van der Waals surface area contributed by atoms with Crippen LogP contribution in [0.5, 0.6) is 0 Å². The fourth-order valence-corrected chi connectivity index (χ4v) is 2.06. The standard InChI is InChI=1S/C12H18N2O2/c1-8-3-4-11(16-8)7-14(2)12(15)9-5-10(13)6-9/h3-4,9-10H,5-7,13H2,1-2H3. The fourth-order valence-electron chi connectivity index (χ4n) is 2.06. The van der Waals surface area contributed by atoms with Gasteiger partial charge < -0.3 is 15.1 Å². The van der Waals surface area contributed by atoms with Gasteiger partial charge in [0.25, 0.3) is 0 Å². The quantitative estimate of drug-likeness (QED) is 0.838. The Kier molecular flexibility index (Phi) is 3.01. The maximum atomic E-state index is 11.9. The number of furan rings is 1. The topological polar surface area (TPSA) is 59.5 Å². The van der Waals surface area contributed by atoms with E-state index in [1.165, 1.54) is 0 Å². The average Bonchev–Trinajstić information content (AvgIpc) is 2.58. The molecule has 1 fully saturated rings. The van der Waals surface area contributed by atoms with E-state index in [2.05, 4.69) is 0 Å². The highest BCUT2D eigenvalue weighted by Gasteiger charge is 2.33. The lowest BCUT2D eigenvalue weighted by Crippen LogP contribution is -2.45. The Balaban J connectivity index is 1.88. The van der Waals surface area contributed by atoms with E-state index < -0.39 is 0 Å². The highest BCUT2D eigenvalue weighted by molar-refractivity contribution is 5.79. The van der Waals surface area contributed by atoms with Crippen LogP contribution in [0.2, 0.25) is 0 Å². The summed E-state index contributed by atoms with van der Waals surface area (Å²) in [5, 5.41) is 0. The molecular weight excluding hydrogens is 204 g/mol. The Bertz CT molecular complexity index is 380. The molecule has 1 amide bonds. The Hall–Kier alpha value is -1.29. The lowest BCUT2D eigenvalue weighted by atomic mass is 9.80. The van der Waals surface area contributed by atoms with Gasteiger partial charge in [0.15, 0.2) is 0 Å². The summed E-state index contributed by atoms with van der Waals surface area (Å²) >= 11 is 0. The predicted octanol–water partition coefficient (Wildman–Crippen LogP) is 1.28. The molecule has 0 radical (unpaired) electrons. The Morgan fingerprint density at radius 2 is 2.25 bits per heavy atom. The number of nitrogens with two attached hydrogens (primary N) is 1. The molecule has 1 aliphatic rings. The van der Waals surface area contributed by atoms with Crippen molar-refractivity contribution < 1.29 is 9.21 Å². The maximum absolute atomic E-state index is 11.9. The minimum absolute atomic E-state index is 0.121. The second-order valence-corrected chi connectivity index (χ2v) is 4.64. The van der Waals surface area contributed by atoms with Crippen LogP contribution in [-0.4, -0.2) is 23.9 Å². The van der Waals surface area contributed by atoms with E-state index in [0.29, 0.717) is 6.54 Å². The molecule has 4 nitrogen and oxygen atoms in total. The van der Waals surface area contributed by atoms with Crippen LogP contribution in [0, 0.1) is 12.8 Å². The van der Waals surface area contributed by atoms with Crippen molar-refractivity contribution in [3.63, 3.8) is 0 Å². The molecular formula is C12H18N2O2. The normalized spacial score (nSPS) is 23.9. The molecule has 2 N–H and O–H groups in total. The second kappa shape index (κ2) is 4.29. The van der Waals surface area contributed by atoms with Gasteiger partial charge in [-0.25, -0.2) is 0 Å². The van der Waals surface area contributed by atoms with Gasteiger partial charge in [-0.15, -0.1) is 0 Å². The SMILES string of the molecule is Cc1ccc(CN(C)C(=O)C2CC(N)C2)o1. The van der Waals surface area contributed by atoms with Crippen molar-refractivity contribution in [1.29, 1.82) is 0 Å². The zero-order chi connectivity index (χ0) is 11.7. The Labute approximate surface area is 95.4 Å². The summed E-state index contributed by atoms with van der Waals surface area (Å²) in [4.78, 5) is 13.6. The smallest absolute Gasteiger partial charge is 0.225 e. The fraction of sp³-hybridized carbons (Fsp3) is 0.583. The Morgan fingerprint density at radius 3 is 2.75 bits per heavy atom. The van der Waals surface area contributed by atoms with Crippen molar-refractivity contribution in [2.24, 2.45) is 11.7 Å². The van der Waals surface area contributed by atoms with Gasteiger partial charge in [0.2, 0.25) is 5.91 Å². The first-order chi connectivity index (χ1) is 7.56. The summed E-state index contributed by atoms with van der Waals surface area (Å²) in [5.74, 6) is 2.00. The molecule has 1 aliphatic carbocycles. The molecule has 0 unspecified atom stereocenters. The third kappa shape index (κ3) is 2.27. The van der Waals surface area contributed by atoms with Gasteiger partial charge in [0.05, 0.1) is 6.54 Å². The van der Waals surface area contributed by atoms with Gasteiger partial charge in [-0.3, -0.25) is 4.79 Å². The van der Waals surface area contributed by atoms with Crippen LogP contribution in [0.15, 0.2) is 16.5 Å². The van der Waals surface area contributed by atoms with Crippen LogP contribution in [0.1, 0.15) is 24.4 Å². The molecule has 0 bridgehead atoms. The molecule has 1 aromatic rings. The molecule has 0 aliphatic heterocycles. The van der Waals surface area contributed by atoms with E-state index in [-0.39, 0.29) is 17.9 Å². The van der Waals surface area contributed by atoms with Gasteiger partial charge >= 0.3 is 0 Å². The molecule has 0 aromatic carbocycles. The first-order valence-electron chi connectivity index (χ1n) is 5.62. The van der Waals surface area contributed by atoms with Gasteiger partial charge in [-0.05, 0) is 31.9 Å². The lowest BCUT2D eigenvalue weighted by Gasteiger charge is -2.33. The van der Waals surface area contributed by atoms with Crippen LogP contribution in [0.3, 0.4) is 0 Å². The van der Waals surface area contributed by atoms with Crippen molar-refractivity contribution in [2.45, 2.75) is 32.4 Å². The monoisotopic (exact) mass is 222 g/mol. The number of rotatable bonds is 3. The third-order valence-electron chi connectivity index (χ3n) is 3.09. The minimum Gasteiger partial charge on any atom is -0.464 e. The van der Waals surface area contributed by atoms with E-state index in [1.54, 1.807) is 4.90 Å². The van der Waals surface area contributed by atoms with Crippen molar-refractivity contribution in [2.75, 3.05) is 7.05 Å². The molecule has 0 saturated heterocycles. The van der Waals surface area contributed by atoms with Crippen LogP contribution in [-0.2, 0) is 11.3 Å². The first kappa shape index (κ1) is 11.2. The highest BCUT2D eigenvalue weighted by Crippen LogP contribution is 2.27. The van der Waals surface area contributed by atoms with Gasteiger partial charge in [0.1, 0.15) is 11.5 Å². The number of carbonyl (C=O) groups excluding carboxylic acids is 1. The highest BCUT2D eigenvalue weighted by atomic mass is 16.3. The third-order valence-corrected chi connectivity index (χ3v) is 3.09. The number of carbonyl (C=O) groups is 1. The minimum atomic E-state index is 0.121. The lowest BCUT2D eigenvalue weighted by molar-refractivity contribution is -0.138. The van der Waals surface area contributed by atoms with Crippen molar-refractivity contribution in [3.05, 3.63) is 23.7 Å². The number of hydrogen-bond donors (Lipinski definition) is 1. The van der Waals surface area contributed by atoms with Gasteiger partial charge in [0, 0.05) is 19.0 Å². The molecule has 1 aromatic heterocycles. The summed E-state index contributed by atoms with van der Waals surface area (Å²) in [6.45, 7) is 2.44. The number of nitrogens with zero attached hydrogens (tertiary/aromatic N) is 1. The zero-order valence-electron chi connectivity index (χ0n) is 9.77. The Morgan fingerprint density at radius 1 is 1.56 bits per heavy atom. The maximum Gasteiger partial charge on any atom is 0.225 e. The van der Waals surface area contributed by atoms with Crippen LogP contribution >= 0.6 is 0 Å². The molecule has 0 spiro atoms. The summed E-state index contributed by atoms with van der Waals surface area (Å²) in [6.07, 6.45) is 1.64. The van der Waals surface area contributed by atoms with Crippen molar-refractivity contribution >= 4 is 5.91 Å². The molecule has 4 heteroatoms. The zero-order valence-corrected chi connectivity index (χ0v) is 9.77. The average molecular weight is 222 g/mol. The summed E-state index contributed by atoms with van der Waals surface area (Å²) < 4.78 is 5.44. The summed E-state index contributed by atoms with van der Waals surface area (Å²) in [6, 6.07) is 4.03. The van der Waals surface area contributed by atoms with Crippen LogP contribution < -0.4 is 5.73 Å². The van der Waals surface area contributed by atoms with E-state index in [1.807, 2.05) is 26.1 Å². The first-order valence-corrected chi connectivity index (χ1v) is 5.62. The van der Waals surface area contributed by atoms with E-state index in [9.17, 15) is 4.79 Å². The van der Waals surface area contributed by atoms with Crippen LogP contribution in [0.25, 0.3) is 0 Å². The molecule has 16 heavy (non-hydrogen) atoms. The van der Waals surface area contributed by atoms with E-state index in [4.69, 9.17) is 10.2 Å². The predicted molar refractivity (Wildman–Crippen MR) is 60.6 cm³/mol. The summed E-state index contributed by atoms with van der Waals surface area (Å²) in [5.41, 5.74) is 5.67. The van der Waals surface area contributed by atoms with Gasteiger partial charge in [-0.2, -0.15) is 0 Å². The number of amides is 1. The molecule has 2 rings (SSSR count). The number of aryl methyl sites for hydroxylation is 1. The largest absolute Gasteiger partial charge is 0.464 e. The van der Waals surface area contributed by atoms with E-state index in [0.717, 1.165) is 24.4 Å². The van der Waals surface area contributed by atoms with E-state index >= 15 is 0 Å². The van der Waals surface area contributed by atoms with Gasteiger partial charge in [-0.1, -0.05) is 0 Å². The van der Waals surface area contributed by atoms with Crippen molar-refractivity contribution in [3.8, 4) is 0 Å². The van der Waals surface area contributed by atoms with Crippen LogP contribution in [0.4, 0.5) is 0 Å². The summed E-state index contributed by atoms with van der Waals surface area (Å²) in [7, 11) is 1.81. The molecule has 0 atom stereocenters.